The zero-order valence-electron chi connectivity index (χ0n) is 1.06. The molecule has 0 aromatic rings. The Morgan fingerprint density at radius 2 is 1.25 bits per heavy atom. The third-order valence-electron chi connectivity index (χ3n) is 0. The van der Waals surface area contributed by atoms with Crippen molar-refractivity contribution in [2.45, 2.75) is 0 Å². The van der Waals surface area contributed by atoms with Gasteiger partial charge in [-0.25, -0.2) is 0 Å². The third-order valence-corrected chi connectivity index (χ3v) is 0. The number of hydrogen-bond donors (Lipinski definition) is 0. The third kappa shape index (κ3) is 9.12. The number of rotatable bonds is 0. The molecule has 0 aliphatic carbocycles. The van der Waals surface area contributed by atoms with Gasteiger partial charge in [-0.15, -0.1) is 0 Å². The van der Waals surface area contributed by atoms with Crippen molar-refractivity contribution in [1.29, 1.82) is 0 Å². The van der Waals surface area contributed by atoms with Crippen LogP contribution in [0.2, 0.25) is 0 Å². The summed E-state index contributed by atoms with van der Waals surface area (Å²) in [5.74, 6) is 0. The van der Waals surface area contributed by atoms with Crippen molar-refractivity contribution in [2.24, 2.45) is 0 Å². The fourth-order valence-electron chi connectivity index (χ4n) is 0. The Morgan fingerprint density at radius 3 is 1.25 bits per heavy atom. The average molecular weight is 161 g/mol. The van der Waals surface area contributed by atoms with E-state index in [-0.39, 0.29) is 23.1 Å². The first kappa shape index (κ1) is 9.29. The molecule has 0 atom stereocenters. The summed E-state index contributed by atoms with van der Waals surface area (Å²) < 4.78 is 0. The minimum atomic E-state index is 0. The maximum absolute atomic E-state index is 4.67. The van der Waals surface area contributed by atoms with Crippen molar-refractivity contribution in [3.05, 3.63) is 0 Å². The van der Waals surface area contributed by atoms with Crippen molar-refractivity contribution >= 4 is 43.2 Å². The Morgan fingerprint density at radius 1 is 1.25 bits per heavy atom. The minimum Gasteiger partial charge on any atom is 0.316 e. The van der Waals surface area contributed by atoms with E-state index in [1.165, 1.54) is 0 Å². The van der Waals surface area contributed by atoms with Crippen molar-refractivity contribution in [3.63, 3.8) is 0 Å². The first-order chi connectivity index (χ1) is 1.41. The first-order valence-corrected chi connectivity index (χ1v) is 2.82. The van der Waals surface area contributed by atoms with Gasteiger partial charge in [0, 0.05) is 0 Å². The molecule has 0 bridgehead atoms. The molecule has 0 aliphatic rings. The summed E-state index contributed by atoms with van der Waals surface area (Å²) in [6.45, 7) is 0. The second kappa shape index (κ2) is 8.85. The van der Waals surface area contributed by atoms with Gasteiger partial charge in [0.15, 0.2) is 0 Å². The number of hydrogen-bond acceptors (Lipinski definition) is 0. The summed E-state index contributed by atoms with van der Waals surface area (Å²) in [4.78, 5) is 0. The standard InChI is InChI=1S/2ClH.Cu.Mg.2H/h2*1H;;;;/q;;+2;;;/p-2. The van der Waals surface area contributed by atoms with Gasteiger partial charge < -0.3 is 0 Å². The van der Waals surface area contributed by atoms with Crippen LogP contribution in [-0.2, 0) is 13.1 Å². The smallest absolute Gasteiger partial charge is 0.316 e. The van der Waals surface area contributed by atoms with Gasteiger partial charge in [0.2, 0.25) is 0 Å². The van der Waals surface area contributed by atoms with E-state index in [1.807, 2.05) is 0 Å². The van der Waals surface area contributed by atoms with Gasteiger partial charge >= 0.3 is 56.4 Å². The Hall–Kier alpha value is 1.87. The summed E-state index contributed by atoms with van der Waals surface area (Å²) in [6, 6.07) is 0. The van der Waals surface area contributed by atoms with E-state index in [0.717, 1.165) is 13.1 Å². The molecular formula is H2Cl2CuMg. The normalized spacial score (nSPS) is 5.50. The average Bonchev–Trinajstić information content (AvgIpc) is 0.918. The molecule has 0 aromatic heterocycles. The Labute approximate surface area is 56.0 Å². The fourth-order valence-corrected chi connectivity index (χ4v) is 0. The van der Waals surface area contributed by atoms with Crippen molar-refractivity contribution in [2.75, 3.05) is 0 Å². The van der Waals surface area contributed by atoms with Crippen LogP contribution in [0.3, 0.4) is 0 Å². The van der Waals surface area contributed by atoms with Crippen LogP contribution < -0.4 is 0 Å². The summed E-state index contributed by atoms with van der Waals surface area (Å²) >= 11 is 0.757. The molecule has 0 amide bonds. The van der Waals surface area contributed by atoms with Crippen LogP contribution in [0.15, 0.2) is 0 Å². The quantitative estimate of drug-likeness (QED) is 0.452. The van der Waals surface area contributed by atoms with Gasteiger partial charge in [0.1, 0.15) is 0 Å². The molecule has 4 heavy (non-hydrogen) atoms. The second-order valence-electron chi connectivity index (χ2n) is 0.0431. The topological polar surface area (TPSA) is 0 Å². The van der Waals surface area contributed by atoms with Gasteiger partial charge in [-0.1, -0.05) is 0 Å². The molecule has 0 N–H and O–H groups in total. The molecule has 0 unspecified atom stereocenters. The molecule has 0 fully saturated rings. The minimum absolute atomic E-state index is 0. The molecule has 0 heterocycles. The molecule has 0 spiro atoms. The summed E-state index contributed by atoms with van der Waals surface area (Å²) in [6.07, 6.45) is 0. The van der Waals surface area contributed by atoms with Gasteiger partial charge in [-0.2, -0.15) is 0 Å². The molecule has 0 rings (SSSR count). The summed E-state index contributed by atoms with van der Waals surface area (Å²) in [7, 11) is 9.34. The van der Waals surface area contributed by atoms with E-state index in [9.17, 15) is 0 Å². The Balaban J connectivity index is 0. The zero-order valence-corrected chi connectivity index (χ0v) is 3.51. The Bertz CT molecular complexity index is 6.00. The van der Waals surface area contributed by atoms with Crippen molar-refractivity contribution in [1.82, 2.24) is 0 Å². The molecule has 0 aromatic carbocycles. The van der Waals surface area contributed by atoms with Gasteiger partial charge in [0.25, 0.3) is 0 Å². The summed E-state index contributed by atoms with van der Waals surface area (Å²) in [5.41, 5.74) is 0. The molecule has 0 saturated carbocycles. The van der Waals surface area contributed by atoms with E-state index in [0.29, 0.717) is 0 Å². The van der Waals surface area contributed by atoms with Crippen LogP contribution in [0.5, 0.6) is 0 Å². The van der Waals surface area contributed by atoms with E-state index < -0.39 is 0 Å². The van der Waals surface area contributed by atoms with Gasteiger partial charge in [0.05, 0.1) is 0 Å². The van der Waals surface area contributed by atoms with Crippen molar-refractivity contribution in [3.8, 4) is 0 Å². The van der Waals surface area contributed by atoms with Crippen LogP contribution in [-0.4, -0.2) is 23.1 Å². The monoisotopic (exact) mass is 159 g/mol. The van der Waals surface area contributed by atoms with Gasteiger partial charge in [-0.3, -0.25) is 0 Å². The van der Waals surface area contributed by atoms with Crippen LogP contribution in [0.1, 0.15) is 0 Å². The fraction of sp³-hybridized carbons (Fsp3) is 0. The molecule has 4 heteroatoms. The van der Waals surface area contributed by atoms with E-state index in [4.69, 9.17) is 0 Å². The predicted molar refractivity (Wildman–Crippen MR) is 20.2 cm³/mol. The van der Waals surface area contributed by atoms with E-state index >= 15 is 0 Å². The van der Waals surface area contributed by atoms with E-state index in [2.05, 4.69) is 20.2 Å². The molecular weight excluding hydrogens is 159 g/mol. The first-order valence-electron chi connectivity index (χ1n) is 0.228. The Kier molecular flexibility index (Phi) is 20.6. The molecule has 0 radical (unpaired) electrons. The molecule has 0 nitrogen and oxygen atoms in total. The predicted octanol–water partition coefficient (Wildman–Crippen LogP) is 0.460. The van der Waals surface area contributed by atoms with Crippen LogP contribution in [0, 0.1) is 0 Å². The van der Waals surface area contributed by atoms with E-state index in [1.54, 1.807) is 0 Å². The summed E-state index contributed by atoms with van der Waals surface area (Å²) in [5, 5.41) is 0. The zero-order chi connectivity index (χ0) is 2.71. The maximum Gasteiger partial charge on any atom is 0.316 e. The SMILES string of the molecule is [Cl][Cu][Cl].[MgH2]. The molecule has 29 valence electrons. The van der Waals surface area contributed by atoms with Crippen LogP contribution >= 0.6 is 20.2 Å². The maximum atomic E-state index is 4.67. The second-order valence-corrected chi connectivity index (χ2v) is 1.60. The number of halogens is 2. The molecule has 0 saturated heterocycles. The van der Waals surface area contributed by atoms with Gasteiger partial charge in [-0.05, 0) is 0 Å². The van der Waals surface area contributed by atoms with Crippen molar-refractivity contribution < 1.29 is 13.1 Å². The van der Waals surface area contributed by atoms with Crippen LogP contribution in [0.4, 0.5) is 0 Å². The molecule has 0 aliphatic heterocycles. The van der Waals surface area contributed by atoms with Crippen LogP contribution in [0.25, 0.3) is 0 Å². The largest absolute Gasteiger partial charge is 0.316 e.